The van der Waals surface area contributed by atoms with Gasteiger partial charge in [-0.25, -0.2) is 0 Å². The number of hydrogen-bond donors (Lipinski definition) is 1. The second-order valence-corrected chi connectivity index (χ2v) is 4.86. The molecule has 0 aromatic heterocycles. The van der Waals surface area contributed by atoms with Gasteiger partial charge in [0.25, 0.3) is 0 Å². The smallest absolute Gasteiger partial charge is 0.0154 e. The first kappa shape index (κ1) is 10.0. The molecule has 0 aliphatic heterocycles. The van der Waals surface area contributed by atoms with E-state index in [2.05, 4.69) is 13.8 Å². The summed E-state index contributed by atoms with van der Waals surface area (Å²) >= 11 is 0. The summed E-state index contributed by atoms with van der Waals surface area (Å²) in [6.07, 6.45) is 9.18. The lowest BCUT2D eigenvalue weighted by atomic mass is 9.78. The van der Waals surface area contributed by atoms with E-state index in [0.29, 0.717) is 0 Å². The van der Waals surface area contributed by atoms with E-state index in [1.54, 1.807) is 0 Å². The van der Waals surface area contributed by atoms with Gasteiger partial charge < -0.3 is 5.73 Å². The van der Waals surface area contributed by atoms with Gasteiger partial charge in [-0.05, 0) is 31.6 Å². The number of rotatable bonds is 3. The highest BCUT2D eigenvalue weighted by Crippen LogP contribution is 2.30. The summed E-state index contributed by atoms with van der Waals surface area (Å²) < 4.78 is 0. The maximum Gasteiger partial charge on any atom is 0.0154 e. The standard InChI is InChI=1S/C11H23N/c1-10(2)6-9-11(12)7-4-3-5-8-11/h10H,3-9,12H2,1-2H3. The average molecular weight is 169 g/mol. The van der Waals surface area contributed by atoms with Gasteiger partial charge in [-0.15, -0.1) is 0 Å². The van der Waals surface area contributed by atoms with Crippen LogP contribution in [-0.2, 0) is 0 Å². The Labute approximate surface area is 76.7 Å². The molecule has 0 saturated heterocycles. The predicted molar refractivity (Wildman–Crippen MR) is 54.1 cm³/mol. The van der Waals surface area contributed by atoms with Crippen molar-refractivity contribution in [3.05, 3.63) is 0 Å². The average Bonchev–Trinajstić information content (AvgIpc) is 2.03. The zero-order valence-corrected chi connectivity index (χ0v) is 8.60. The summed E-state index contributed by atoms with van der Waals surface area (Å²) in [6.45, 7) is 4.57. The van der Waals surface area contributed by atoms with E-state index >= 15 is 0 Å². The van der Waals surface area contributed by atoms with Gasteiger partial charge >= 0.3 is 0 Å². The Morgan fingerprint density at radius 3 is 2.25 bits per heavy atom. The molecule has 0 atom stereocenters. The molecule has 1 rings (SSSR count). The second-order valence-electron chi connectivity index (χ2n) is 4.86. The minimum atomic E-state index is 0.211. The summed E-state index contributed by atoms with van der Waals surface area (Å²) in [4.78, 5) is 0. The maximum absolute atomic E-state index is 6.31. The highest BCUT2D eigenvalue weighted by atomic mass is 14.7. The predicted octanol–water partition coefficient (Wildman–Crippen LogP) is 3.08. The Kier molecular flexibility index (Phi) is 3.57. The molecule has 1 aliphatic rings. The third-order valence-electron chi connectivity index (χ3n) is 3.07. The monoisotopic (exact) mass is 169 g/mol. The quantitative estimate of drug-likeness (QED) is 0.690. The van der Waals surface area contributed by atoms with E-state index in [4.69, 9.17) is 5.73 Å². The minimum Gasteiger partial charge on any atom is -0.325 e. The Morgan fingerprint density at radius 1 is 1.17 bits per heavy atom. The molecule has 1 nitrogen and oxygen atoms in total. The van der Waals surface area contributed by atoms with E-state index in [1.165, 1.54) is 44.9 Å². The van der Waals surface area contributed by atoms with Gasteiger partial charge in [-0.2, -0.15) is 0 Å². The SMILES string of the molecule is CC(C)CCC1(N)CCCCC1. The molecule has 0 aromatic rings. The Bertz CT molecular complexity index is 123. The zero-order valence-electron chi connectivity index (χ0n) is 8.60. The molecule has 2 N–H and O–H groups in total. The van der Waals surface area contributed by atoms with Crippen molar-refractivity contribution < 1.29 is 0 Å². The Hall–Kier alpha value is -0.0400. The first-order chi connectivity index (χ1) is 5.62. The summed E-state index contributed by atoms with van der Waals surface area (Å²) in [7, 11) is 0. The Balaban J connectivity index is 2.26. The van der Waals surface area contributed by atoms with Gasteiger partial charge in [-0.1, -0.05) is 33.1 Å². The van der Waals surface area contributed by atoms with Crippen LogP contribution in [0, 0.1) is 5.92 Å². The largest absolute Gasteiger partial charge is 0.325 e. The van der Waals surface area contributed by atoms with Crippen molar-refractivity contribution in [1.29, 1.82) is 0 Å². The molecule has 0 aromatic carbocycles. The van der Waals surface area contributed by atoms with Crippen LogP contribution in [0.15, 0.2) is 0 Å². The molecule has 1 saturated carbocycles. The van der Waals surface area contributed by atoms with E-state index in [1.807, 2.05) is 0 Å². The number of hydrogen-bond acceptors (Lipinski definition) is 1. The van der Waals surface area contributed by atoms with Crippen molar-refractivity contribution >= 4 is 0 Å². The summed E-state index contributed by atoms with van der Waals surface area (Å²) in [5.41, 5.74) is 6.52. The van der Waals surface area contributed by atoms with Crippen molar-refractivity contribution in [3.63, 3.8) is 0 Å². The van der Waals surface area contributed by atoms with Crippen LogP contribution in [0.5, 0.6) is 0 Å². The van der Waals surface area contributed by atoms with Gasteiger partial charge in [-0.3, -0.25) is 0 Å². The summed E-state index contributed by atoms with van der Waals surface area (Å²) in [5.74, 6) is 0.812. The molecule has 0 bridgehead atoms. The van der Waals surface area contributed by atoms with Crippen LogP contribution in [0.4, 0.5) is 0 Å². The van der Waals surface area contributed by atoms with Crippen LogP contribution in [0.2, 0.25) is 0 Å². The van der Waals surface area contributed by atoms with Crippen LogP contribution in [-0.4, -0.2) is 5.54 Å². The lowest BCUT2D eigenvalue weighted by Crippen LogP contribution is -2.41. The fourth-order valence-electron chi connectivity index (χ4n) is 2.08. The molecular formula is C11H23N. The van der Waals surface area contributed by atoms with Gasteiger partial charge in [0.15, 0.2) is 0 Å². The minimum absolute atomic E-state index is 0.211. The van der Waals surface area contributed by atoms with E-state index in [-0.39, 0.29) is 5.54 Å². The fourth-order valence-corrected chi connectivity index (χ4v) is 2.08. The van der Waals surface area contributed by atoms with Crippen molar-refractivity contribution in [2.45, 2.75) is 64.3 Å². The molecule has 1 heteroatoms. The normalized spacial score (nSPS) is 23.0. The van der Waals surface area contributed by atoms with Gasteiger partial charge in [0.2, 0.25) is 0 Å². The molecular weight excluding hydrogens is 146 g/mol. The molecule has 0 heterocycles. The van der Waals surface area contributed by atoms with Crippen molar-refractivity contribution in [2.24, 2.45) is 11.7 Å². The van der Waals surface area contributed by atoms with Crippen molar-refractivity contribution in [1.82, 2.24) is 0 Å². The van der Waals surface area contributed by atoms with E-state index < -0.39 is 0 Å². The van der Waals surface area contributed by atoms with Crippen molar-refractivity contribution in [2.75, 3.05) is 0 Å². The van der Waals surface area contributed by atoms with Gasteiger partial charge in [0.05, 0.1) is 0 Å². The van der Waals surface area contributed by atoms with Crippen LogP contribution in [0.3, 0.4) is 0 Å². The molecule has 0 spiro atoms. The zero-order chi connectivity index (χ0) is 9.03. The third-order valence-corrected chi connectivity index (χ3v) is 3.07. The lowest BCUT2D eigenvalue weighted by Gasteiger charge is -2.34. The summed E-state index contributed by atoms with van der Waals surface area (Å²) in [5, 5.41) is 0. The molecule has 12 heavy (non-hydrogen) atoms. The topological polar surface area (TPSA) is 26.0 Å². The van der Waals surface area contributed by atoms with E-state index in [9.17, 15) is 0 Å². The summed E-state index contributed by atoms with van der Waals surface area (Å²) in [6, 6.07) is 0. The van der Waals surface area contributed by atoms with Crippen LogP contribution < -0.4 is 5.73 Å². The lowest BCUT2D eigenvalue weighted by molar-refractivity contribution is 0.261. The van der Waals surface area contributed by atoms with Gasteiger partial charge in [0.1, 0.15) is 0 Å². The third kappa shape index (κ3) is 3.14. The highest BCUT2D eigenvalue weighted by molar-refractivity contribution is 4.87. The van der Waals surface area contributed by atoms with Gasteiger partial charge in [0, 0.05) is 5.54 Å². The van der Waals surface area contributed by atoms with Crippen LogP contribution in [0.1, 0.15) is 58.8 Å². The first-order valence-corrected chi connectivity index (χ1v) is 5.41. The molecule has 0 radical (unpaired) electrons. The highest BCUT2D eigenvalue weighted by Gasteiger charge is 2.26. The first-order valence-electron chi connectivity index (χ1n) is 5.41. The molecule has 0 amide bonds. The maximum atomic E-state index is 6.31. The van der Waals surface area contributed by atoms with Crippen LogP contribution >= 0.6 is 0 Å². The van der Waals surface area contributed by atoms with E-state index in [0.717, 1.165) is 5.92 Å². The van der Waals surface area contributed by atoms with Crippen molar-refractivity contribution in [3.8, 4) is 0 Å². The molecule has 1 fully saturated rings. The Morgan fingerprint density at radius 2 is 1.75 bits per heavy atom. The number of nitrogens with two attached hydrogens (primary N) is 1. The molecule has 72 valence electrons. The molecule has 1 aliphatic carbocycles. The second kappa shape index (κ2) is 4.27. The molecule has 0 unspecified atom stereocenters. The fraction of sp³-hybridized carbons (Fsp3) is 1.00. The van der Waals surface area contributed by atoms with Crippen LogP contribution in [0.25, 0.3) is 0 Å².